The monoisotopic (exact) mass is 563 g/mol. The van der Waals surface area contributed by atoms with E-state index in [4.69, 9.17) is 21.3 Å². The number of aromatic nitrogens is 2. The molecular weight excluding hydrogens is 534 g/mol. The molecule has 0 radical (unpaired) electrons. The number of hydrogen-bond acceptors (Lipinski definition) is 8. The van der Waals surface area contributed by atoms with Gasteiger partial charge in [0.25, 0.3) is 5.91 Å². The number of benzene rings is 1. The highest BCUT2D eigenvalue weighted by molar-refractivity contribution is 7.92. The maximum absolute atomic E-state index is 12.7. The van der Waals surface area contributed by atoms with Crippen molar-refractivity contribution in [3.8, 4) is 16.9 Å². The first-order valence-electron chi connectivity index (χ1n) is 11.9. The molecule has 0 spiro atoms. The summed E-state index contributed by atoms with van der Waals surface area (Å²) in [5.41, 5.74) is 4.49. The molecule has 0 atom stereocenters. The van der Waals surface area contributed by atoms with Gasteiger partial charge in [-0.25, -0.2) is 18.4 Å². The highest BCUT2D eigenvalue weighted by Gasteiger charge is 2.25. The molecule has 0 fully saturated rings. The number of rotatable bonds is 7. The number of ether oxygens (including phenoxy) is 1. The number of carbonyl (C=O) groups excluding carboxylic acids is 1. The van der Waals surface area contributed by atoms with E-state index in [1.54, 1.807) is 12.3 Å². The van der Waals surface area contributed by atoms with Gasteiger partial charge < -0.3 is 15.0 Å². The first kappa shape index (κ1) is 27.2. The van der Waals surface area contributed by atoms with E-state index in [1.165, 1.54) is 11.3 Å². The normalized spacial score (nSPS) is 13.6. The van der Waals surface area contributed by atoms with E-state index in [9.17, 15) is 13.2 Å². The predicted molar refractivity (Wildman–Crippen MR) is 149 cm³/mol. The second kappa shape index (κ2) is 10.8. The molecule has 198 valence electrons. The molecular formula is C25H30ClN5O4S2. The van der Waals surface area contributed by atoms with Crippen LogP contribution in [0.5, 0.6) is 5.75 Å². The summed E-state index contributed by atoms with van der Waals surface area (Å²) in [7, 11) is -3.52. The van der Waals surface area contributed by atoms with Crippen LogP contribution in [0.1, 0.15) is 53.2 Å². The van der Waals surface area contributed by atoms with Gasteiger partial charge in [0.05, 0.1) is 24.2 Å². The van der Waals surface area contributed by atoms with Crippen molar-refractivity contribution >= 4 is 49.7 Å². The fourth-order valence-corrected chi connectivity index (χ4v) is 6.09. The van der Waals surface area contributed by atoms with Gasteiger partial charge in [0.2, 0.25) is 10.0 Å². The highest BCUT2D eigenvalue weighted by atomic mass is 35.5. The minimum Gasteiger partial charge on any atom is -0.491 e. The molecule has 0 aliphatic carbocycles. The van der Waals surface area contributed by atoms with Gasteiger partial charge in [-0.15, -0.1) is 0 Å². The number of pyridine rings is 1. The van der Waals surface area contributed by atoms with E-state index in [0.29, 0.717) is 36.7 Å². The SMILES string of the molecule is CCNC(=O)c1sc(N2CCOc3c(C)cc(-c4cnc(Cl)c(NS(C)(=O)=O)c4)cc3C2)nc1C(C)C. The summed E-state index contributed by atoms with van der Waals surface area (Å²) in [5, 5.41) is 3.73. The zero-order valence-corrected chi connectivity index (χ0v) is 23.8. The number of anilines is 2. The molecule has 4 rings (SSSR count). The Morgan fingerprint density at radius 1 is 1.27 bits per heavy atom. The van der Waals surface area contributed by atoms with E-state index < -0.39 is 10.0 Å². The van der Waals surface area contributed by atoms with Crippen molar-refractivity contribution in [1.29, 1.82) is 0 Å². The van der Waals surface area contributed by atoms with Gasteiger partial charge in [-0.1, -0.05) is 36.8 Å². The van der Waals surface area contributed by atoms with Gasteiger partial charge in [0.15, 0.2) is 10.3 Å². The summed E-state index contributed by atoms with van der Waals surface area (Å²) < 4.78 is 32.0. The van der Waals surface area contributed by atoms with E-state index in [1.807, 2.05) is 39.8 Å². The van der Waals surface area contributed by atoms with Crippen molar-refractivity contribution in [2.45, 2.75) is 40.2 Å². The first-order valence-corrected chi connectivity index (χ1v) is 15.0. The molecule has 3 aromatic rings. The highest BCUT2D eigenvalue weighted by Crippen LogP contribution is 2.37. The Balaban J connectivity index is 1.71. The van der Waals surface area contributed by atoms with Crippen LogP contribution in [0.15, 0.2) is 24.4 Å². The second-order valence-corrected chi connectivity index (χ2v) is 12.3. The molecule has 12 heteroatoms. The molecule has 37 heavy (non-hydrogen) atoms. The van der Waals surface area contributed by atoms with Gasteiger partial charge in [-0.3, -0.25) is 9.52 Å². The summed E-state index contributed by atoms with van der Waals surface area (Å²) in [6.45, 7) is 10.1. The molecule has 2 N–H and O–H groups in total. The Labute approximate surface area is 226 Å². The van der Waals surface area contributed by atoms with Gasteiger partial charge >= 0.3 is 0 Å². The smallest absolute Gasteiger partial charge is 0.263 e. The van der Waals surface area contributed by atoms with Crippen molar-refractivity contribution in [2.75, 3.05) is 35.6 Å². The van der Waals surface area contributed by atoms with Gasteiger partial charge in [-0.05, 0) is 49.1 Å². The molecule has 0 bridgehead atoms. The molecule has 0 saturated carbocycles. The summed E-state index contributed by atoms with van der Waals surface area (Å²) in [6, 6.07) is 5.66. The zero-order chi connectivity index (χ0) is 26.9. The Morgan fingerprint density at radius 3 is 2.70 bits per heavy atom. The number of carbonyl (C=O) groups is 1. The Hall–Kier alpha value is -2.89. The molecule has 1 aliphatic rings. The topological polar surface area (TPSA) is 114 Å². The molecule has 0 saturated heterocycles. The fraction of sp³-hybridized carbons (Fsp3) is 0.400. The molecule has 3 heterocycles. The number of amides is 1. The van der Waals surface area contributed by atoms with Gasteiger partial charge in [0, 0.05) is 30.4 Å². The third-order valence-corrected chi connectivity index (χ3v) is 7.81. The fourth-order valence-electron chi connectivity index (χ4n) is 4.17. The van der Waals surface area contributed by atoms with Crippen molar-refractivity contribution in [3.63, 3.8) is 0 Å². The number of aryl methyl sites for hydroxylation is 1. The number of nitrogens with one attached hydrogen (secondary N) is 2. The zero-order valence-electron chi connectivity index (χ0n) is 21.4. The van der Waals surface area contributed by atoms with Crippen molar-refractivity contribution in [2.24, 2.45) is 0 Å². The van der Waals surface area contributed by atoms with Gasteiger partial charge in [-0.2, -0.15) is 0 Å². The number of hydrogen-bond donors (Lipinski definition) is 2. The third kappa shape index (κ3) is 6.16. The van der Waals surface area contributed by atoms with Gasteiger partial charge in [0.1, 0.15) is 17.2 Å². The lowest BCUT2D eigenvalue weighted by Crippen LogP contribution is -2.25. The largest absolute Gasteiger partial charge is 0.491 e. The van der Waals surface area contributed by atoms with Crippen LogP contribution in [-0.4, -0.2) is 50.2 Å². The molecule has 0 unspecified atom stereocenters. The summed E-state index contributed by atoms with van der Waals surface area (Å²) in [4.78, 5) is 24.5. The predicted octanol–water partition coefficient (Wildman–Crippen LogP) is 4.81. The van der Waals surface area contributed by atoms with Crippen LogP contribution in [0, 0.1) is 6.92 Å². The van der Waals surface area contributed by atoms with E-state index in [2.05, 4.69) is 19.9 Å². The number of halogens is 1. The van der Waals surface area contributed by atoms with Crippen LogP contribution in [0.2, 0.25) is 5.15 Å². The quantitative estimate of drug-likeness (QED) is 0.396. The average Bonchev–Trinajstić information content (AvgIpc) is 3.15. The average molecular weight is 564 g/mol. The molecule has 9 nitrogen and oxygen atoms in total. The first-order chi connectivity index (χ1) is 17.5. The molecule has 1 amide bonds. The van der Waals surface area contributed by atoms with Crippen LogP contribution >= 0.6 is 22.9 Å². The maximum atomic E-state index is 12.7. The number of thiazole rings is 1. The Morgan fingerprint density at radius 2 is 2.03 bits per heavy atom. The minimum absolute atomic E-state index is 0.0720. The summed E-state index contributed by atoms with van der Waals surface area (Å²) >= 11 is 7.52. The van der Waals surface area contributed by atoms with Crippen LogP contribution in [0.25, 0.3) is 11.1 Å². The van der Waals surface area contributed by atoms with Crippen molar-refractivity contribution < 1.29 is 17.9 Å². The van der Waals surface area contributed by atoms with Crippen molar-refractivity contribution in [3.05, 3.63) is 51.2 Å². The summed E-state index contributed by atoms with van der Waals surface area (Å²) in [6.07, 6.45) is 2.68. The number of nitrogens with zero attached hydrogens (tertiary/aromatic N) is 3. The Bertz CT molecular complexity index is 1440. The van der Waals surface area contributed by atoms with E-state index >= 15 is 0 Å². The van der Waals surface area contributed by atoms with Crippen LogP contribution in [0.3, 0.4) is 0 Å². The maximum Gasteiger partial charge on any atom is 0.263 e. The second-order valence-electron chi connectivity index (χ2n) is 9.21. The standard InChI is InChI=1S/C25H30ClN5O4S2/c1-6-27-24(32)22-20(14(2)3)29-25(36-22)31-7-8-35-21-15(4)9-16(10-18(21)13-31)17-11-19(23(26)28-12-17)30-37(5,33)34/h9-12,14,30H,6-8,13H2,1-5H3,(H,27,32). The number of fused-ring (bicyclic) bond motifs is 1. The molecule has 1 aliphatic heterocycles. The van der Waals surface area contributed by atoms with E-state index in [-0.39, 0.29) is 22.7 Å². The summed E-state index contributed by atoms with van der Waals surface area (Å²) in [5.74, 6) is 0.819. The lowest BCUT2D eigenvalue weighted by atomic mass is 10.00. The molecule has 1 aromatic carbocycles. The number of sulfonamides is 1. The Kier molecular flexibility index (Phi) is 7.96. The van der Waals surface area contributed by atoms with Crippen LogP contribution in [0.4, 0.5) is 10.8 Å². The minimum atomic E-state index is -3.52. The van der Waals surface area contributed by atoms with E-state index in [0.717, 1.165) is 39.5 Å². The molecule has 2 aromatic heterocycles. The van der Waals surface area contributed by atoms with Crippen molar-refractivity contribution in [1.82, 2.24) is 15.3 Å². The lowest BCUT2D eigenvalue weighted by Gasteiger charge is -2.19. The van der Waals surface area contributed by atoms with Crippen LogP contribution in [-0.2, 0) is 16.6 Å². The lowest BCUT2D eigenvalue weighted by molar-refractivity contribution is 0.0958. The third-order valence-electron chi connectivity index (χ3n) is 5.79. The van der Waals surface area contributed by atoms with Crippen LogP contribution < -0.4 is 19.7 Å².